The molecule has 0 unspecified atom stereocenters. The first-order valence-corrected chi connectivity index (χ1v) is 8.39. The molecule has 0 amide bonds. The van der Waals surface area contributed by atoms with Crippen LogP contribution in [0.5, 0.6) is 0 Å². The second-order valence-electron chi connectivity index (χ2n) is 5.60. The summed E-state index contributed by atoms with van der Waals surface area (Å²) in [5.74, 6) is 0.610. The van der Waals surface area contributed by atoms with Crippen LogP contribution < -0.4 is 4.90 Å². The number of anilines is 1. The van der Waals surface area contributed by atoms with Gasteiger partial charge in [0.15, 0.2) is 11.5 Å². The van der Waals surface area contributed by atoms with E-state index >= 15 is 0 Å². The molecular formula is C15H15N5O2S. The van der Waals surface area contributed by atoms with Crippen molar-refractivity contribution in [3.63, 3.8) is 0 Å². The molecule has 0 atom stereocenters. The summed E-state index contributed by atoms with van der Waals surface area (Å²) in [6.45, 7) is 1.40. The molecule has 4 rings (SSSR count). The Labute approximate surface area is 136 Å². The highest BCUT2D eigenvalue weighted by molar-refractivity contribution is 7.08. The van der Waals surface area contributed by atoms with Crippen LogP contribution >= 0.6 is 11.3 Å². The number of hydrogen-bond acceptors (Lipinski definition) is 6. The SMILES string of the molecule is O=C(O)C1CCN(c2ccc3nnc(-c4ccsc4)n3n2)CC1. The summed E-state index contributed by atoms with van der Waals surface area (Å²) in [5.41, 5.74) is 1.70. The van der Waals surface area contributed by atoms with E-state index in [0.717, 1.165) is 17.2 Å². The molecule has 1 aliphatic rings. The topological polar surface area (TPSA) is 83.6 Å². The fourth-order valence-electron chi connectivity index (χ4n) is 2.88. The quantitative estimate of drug-likeness (QED) is 0.793. The van der Waals surface area contributed by atoms with Gasteiger partial charge in [0, 0.05) is 24.0 Å². The van der Waals surface area contributed by atoms with Crippen molar-refractivity contribution in [2.45, 2.75) is 12.8 Å². The van der Waals surface area contributed by atoms with Crippen LogP contribution in [0.25, 0.3) is 17.0 Å². The van der Waals surface area contributed by atoms with Crippen LogP contribution in [-0.4, -0.2) is 44.0 Å². The minimum absolute atomic E-state index is 0.244. The normalized spacial score (nSPS) is 16.1. The van der Waals surface area contributed by atoms with E-state index in [0.29, 0.717) is 31.6 Å². The zero-order valence-corrected chi connectivity index (χ0v) is 13.1. The van der Waals surface area contributed by atoms with Gasteiger partial charge in [-0.25, -0.2) is 0 Å². The number of piperidine rings is 1. The van der Waals surface area contributed by atoms with Crippen molar-refractivity contribution in [2.75, 3.05) is 18.0 Å². The van der Waals surface area contributed by atoms with Gasteiger partial charge in [-0.1, -0.05) is 0 Å². The van der Waals surface area contributed by atoms with Crippen molar-refractivity contribution in [2.24, 2.45) is 5.92 Å². The lowest BCUT2D eigenvalue weighted by atomic mass is 9.97. The Balaban J connectivity index is 1.64. The van der Waals surface area contributed by atoms with Gasteiger partial charge >= 0.3 is 5.97 Å². The van der Waals surface area contributed by atoms with Gasteiger partial charge in [0.2, 0.25) is 0 Å². The molecule has 1 aliphatic heterocycles. The first-order chi connectivity index (χ1) is 11.2. The summed E-state index contributed by atoms with van der Waals surface area (Å²) in [7, 11) is 0. The van der Waals surface area contributed by atoms with Gasteiger partial charge in [0.1, 0.15) is 5.82 Å². The van der Waals surface area contributed by atoms with Gasteiger partial charge in [-0.3, -0.25) is 4.79 Å². The number of rotatable bonds is 3. The highest BCUT2D eigenvalue weighted by atomic mass is 32.1. The Morgan fingerprint density at radius 2 is 2.04 bits per heavy atom. The summed E-state index contributed by atoms with van der Waals surface area (Å²) >= 11 is 1.61. The molecule has 23 heavy (non-hydrogen) atoms. The van der Waals surface area contributed by atoms with E-state index < -0.39 is 5.97 Å². The third-order valence-corrected chi connectivity index (χ3v) is 4.88. The van der Waals surface area contributed by atoms with E-state index in [1.54, 1.807) is 15.9 Å². The summed E-state index contributed by atoms with van der Waals surface area (Å²) in [6.07, 6.45) is 1.29. The van der Waals surface area contributed by atoms with Crippen molar-refractivity contribution in [1.29, 1.82) is 0 Å². The number of hydrogen-bond donors (Lipinski definition) is 1. The molecule has 8 heteroatoms. The van der Waals surface area contributed by atoms with Crippen LogP contribution in [0, 0.1) is 5.92 Å². The molecular weight excluding hydrogens is 314 g/mol. The molecule has 7 nitrogen and oxygen atoms in total. The lowest BCUT2D eigenvalue weighted by Crippen LogP contribution is -2.37. The Bertz CT molecular complexity index is 837. The summed E-state index contributed by atoms with van der Waals surface area (Å²) in [6, 6.07) is 5.81. The number of nitrogens with zero attached hydrogens (tertiary/aromatic N) is 5. The third-order valence-electron chi connectivity index (χ3n) is 4.20. The molecule has 3 aromatic heterocycles. The molecule has 0 saturated carbocycles. The number of thiophene rings is 1. The second-order valence-corrected chi connectivity index (χ2v) is 6.38. The van der Waals surface area contributed by atoms with Crippen LogP contribution in [0.2, 0.25) is 0 Å². The summed E-state index contributed by atoms with van der Waals surface area (Å²) in [4.78, 5) is 13.2. The lowest BCUT2D eigenvalue weighted by Gasteiger charge is -2.30. The van der Waals surface area contributed by atoms with Crippen molar-refractivity contribution < 1.29 is 9.90 Å². The van der Waals surface area contributed by atoms with Crippen LogP contribution in [0.1, 0.15) is 12.8 Å². The molecule has 1 fully saturated rings. The number of fused-ring (bicyclic) bond motifs is 1. The van der Waals surface area contributed by atoms with Crippen LogP contribution in [0.4, 0.5) is 5.82 Å². The molecule has 1 saturated heterocycles. The molecule has 3 aromatic rings. The highest BCUT2D eigenvalue weighted by Gasteiger charge is 2.25. The number of carbonyl (C=O) groups is 1. The smallest absolute Gasteiger partial charge is 0.306 e. The Kier molecular flexibility index (Phi) is 3.45. The number of aromatic nitrogens is 4. The standard InChI is InChI=1S/C15H15N5O2S/c21-15(22)10-3-6-19(7-4-10)13-2-1-12-16-17-14(20(12)18-13)11-5-8-23-9-11/h1-2,5,8-10H,3-4,6-7H2,(H,21,22). The average molecular weight is 329 g/mol. The zero-order valence-electron chi connectivity index (χ0n) is 12.3. The minimum atomic E-state index is -0.702. The molecule has 0 aliphatic carbocycles. The Hall–Kier alpha value is -2.48. The van der Waals surface area contributed by atoms with E-state index in [9.17, 15) is 4.79 Å². The fourth-order valence-corrected chi connectivity index (χ4v) is 3.51. The van der Waals surface area contributed by atoms with Crippen LogP contribution in [0.3, 0.4) is 0 Å². The van der Waals surface area contributed by atoms with E-state index in [4.69, 9.17) is 5.11 Å². The predicted molar refractivity (Wildman–Crippen MR) is 86.7 cm³/mol. The van der Waals surface area contributed by atoms with Gasteiger partial charge in [-0.15, -0.1) is 15.3 Å². The number of carboxylic acid groups (broad SMARTS) is 1. The molecule has 1 N–H and O–H groups in total. The van der Waals surface area contributed by atoms with Gasteiger partial charge in [0.25, 0.3) is 0 Å². The number of aliphatic carboxylic acids is 1. The first kappa shape index (κ1) is 14.1. The second kappa shape index (κ2) is 5.62. The van der Waals surface area contributed by atoms with Crippen molar-refractivity contribution in [1.82, 2.24) is 19.8 Å². The third kappa shape index (κ3) is 2.55. The average Bonchev–Trinajstić information content (AvgIpc) is 3.23. The fraction of sp³-hybridized carbons (Fsp3) is 0.333. The van der Waals surface area contributed by atoms with Crippen LogP contribution in [-0.2, 0) is 4.79 Å². The Morgan fingerprint density at radius 3 is 2.74 bits per heavy atom. The minimum Gasteiger partial charge on any atom is -0.481 e. The van der Waals surface area contributed by atoms with Gasteiger partial charge < -0.3 is 10.0 Å². The maximum Gasteiger partial charge on any atom is 0.306 e. The van der Waals surface area contributed by atoms with E-state index in [-0.39, 0.29) is 5.92 Å². The molecule has 0 radical (unpaired) electrons. The zero-order chi connectivity index (χ0) is 15.8. The molecule has 0 bridgehead atoms. The van der Waals surface area contributed by atoms with Crippen molar-refractivity contribution in [3.8, 4) is 11.4 Å². The lowest BCUT2D eigenvalue weighted by molar-refractivity contribution is -0.142. The van der Waals surface area contributed by atoms with Crippen LogP contribution in [0.15, 0.2) is 29.0 Å². The Morgan fingerprint density at radius 1 is 1.22 bits per heavy atom. The maximum absolute atomic E-state index is 11.1. The molecule has 0 aromatic carbocycles. The molecule has 118 valence electrons. The molecule has 4 heterocycles. The van der Waals surface area contributed by atoms with E-state index in [1.165, 1.54) is 0 Å². The molecule has 0 spiro atoms. The number of carboxylic acids is 1. The summed E-state index contributed by atoms with van der Waals surface area (Å²) < 4.78 is 1.75. The van der Waals surface area contributed by atoms with Gasteiger partial charge in [-0.2, -0.15) is 15.9 Å². The van der Waals surface area contributed by atoms with E-state index in [1.807, 2.05) is 29.0 Å². The summed E-state index contributed by atoms with van der Waals surface area (Å²) in [5, 5.41) is 26.1. The largest absolute Gasteiger partial charge is 0.481 e. The van der Waals surface area contributed by atoms with Gasteiger partial charge in [-0.05, 0) is 36.4 Å². The first-order valence-electron chi connectivity index (χ1n) is 7.45. The van der Waals surface area contributed by atoms with Gasteiger partial charge in [0.05, 0.1) is 5.92 Å². The van der Waals surface area contributed by atoms with Crippen molar-refractivity contribution >= 4 is 28.8 Å². The van der Waals surface area contributed by atoms with Crippen molar-refractivity contribution in [3.05, 3.63) is 29.0 Å². The maximum atomic E-state index is 11.1. The predicted octanol–water partition coefficient (Wildman–Crippen LogP) is 2.15. The highest BCUT2D eigenvalue weighted by Crippen LogP contribution is 2.24. The monoisotopic (exact) mass is 329 g/mol. The van der Waals surface area contributed by atoms with E-state index in [2.05, 4.69) is 20.2 Å².